The molecule has 3 rings (SSSR count). The zero-order chi connectivity index (χ0) is 18.6. The summed E-state index contributed by atoms with van der Waals surface area (Å²) in [5.74, 6) is -0.426. The lowest BCUT2D eigenvalue weighted by Crippen LogP contribution is -2.40. The van der Waals surface area contributed by atoms with Crippen molar-refractivity contribution >= 4 is 11.6 Å². The fraction of sp³-hybridized carbons (Fsp3) is 0.316. The largest absolute Gasteiger partial charge is 0.573 e. The van der Waals surface area contributed by atoms with E-state index in [4.69, 9.17) is 0 Å². The number of rotatable bonds is 4. The highest BCUT2D eigenvalue weighted by Gasteiger charge is 2.31. The van der Waals surface area contributed by atoms with Crippen molar-refractivity contribution in [2.75, 3.05) is 18.4 Å². The standard InChI is InChI=1S/C19H19F3N2O2/c20-19(21,22)26-17-8-6-16(7-9-17)24-18(25)15-10-14(11-23-12-15)13-4-2-1-3-5-13/h1-9,14-15,23H,10-12H2,(H,24,25). The van der Waals surface area contributed by atoms with Gasteiger partial charge in [-0.05, 0) is 42.2 Å². The Labute approximate surface area is 149 Å². The van der Waals surface area contributed by atoms with Crippen LogP contribution in [-0.2, 0) is 4.79 Å². The van der Waals surface area contributed by atoms with Crippen LogP contribution in [0.5, 0.6) is 5.75 Å². The third-order valence-electron chi connectivity index (χ3n) is 4.35. The van der Waals surface area contributed by atoms with Crippen molar-refractivity contribution in [1.82, 2.24) is 5.32 Å². The zero-order valence-corrected chi connectivity index (χ0v) is 13.9. The second-order valence-corrected chi connectivity index (χ2v) is 6.26. The van der Waals surface area contributed by atoms with E-state index in [1.165, 1.54) is 29.8 Å². The number of hydrogen-bond donors (Lipinski definition) is 2. The van der Waals surface area contributed by atoms with Gasteiger partial charge in [0.05, 0.1) is 5.92 Å². The van der Waals surface area contributed by atoms with E-state index in [1.807, 2.05) is 30.3 Å². The van der Waals surface area contributed by atoms with Crippen LogP contribution in [0.3, 0.4) is 0 Å². The summed E-state index contributed by atoms with van der Waals surface area (Å²) >= 11 is 0. The van der Waals surface area contributed by atoms with E-state index < -0.39 is 6.36 Å². The minimum atomic E-state index is -4.73. The molecule has 2 N–H and O–H groups in total. The van der Waals surface area contributed by atoms with Crippen molar-refractivity contribution in [2.24, 2.45) is 5.92 Å². The van der Waals surface area contributed by atoms with Crippen molar-refractivity contribution in [3.05, 3.63) is 60.2 Å². The van der Waals surface area contributed by atoms with Gasteiger partial charge in [0.1, 0.15) is 5.75 Å². The first kappa shape index (κ1) is 18.3. The number of carbonyl (C=O) groups is 1. The molecule has 1 saturated heterocycles. The number of alkyl halides is 3. The van der Waals surface area contributed by atoms with Crippen molar-refractivity contribution in [1.29, 1.82) is 0 Å². The van der Waals surface area contributed by atoms with Gasteiger partial charge in [-0.3, -0.25) is 4.79 Å². The number of carbonyl (C=O) groups excluding carboxylic acids is 1. The molecule has 2 atom stereocenters. The predicted octanol–water partition coefficient (Wildman–Crippen LogP) is 3.92. The Bertz CT molecular complexity index is 733. The van der Waals surface area contributed by atoms with Crippen molar-refractivity contribution in [2.45, 2.75) is 18.7 Å². The Hall–Kier alpha value is -2.54. The molecule has 138 valence electrons. The fourth-order valence-corrected chi connectivity index (χ4v) is 3.11. The Balaban J connectivity index is 1.59. The monoisotopic (exact) mass is 364 g/mol. The molecule has 1 aliphatic heterocycles. The molecule has 0 spiro atoms. The minimum absolute atomic E-state index is 0.150. The molecule has 2 unspecified atom stereocenters. The third-order valence-corrected chi connectivity index (χ3v) is 4.35. The predicted molar refractivity (Wildman–Crippen MR) is 91.9 cm³/mol. The van der Waals surface area contributed by atoms with Crippen LogP contribution in [0.15, 0.2) is 54.6 Å². The summed E-state index contributed by atoms with van der Waals surface area (Å²) in [6.45, 7) is 1.39. The van der Waals surface area contributed by atoms with E-state index in [9.17, 15) is 18.0 Å². The topological polar surface area (TPSA) is 50.4 Å². The molecule has 4 nitrogen and oxygen atoms in total. The van der Waals surface area contributed by atoms with Crippen LogP contribution in [0.1, 0.15) is 17.9 Å². The average Bonchev–Trinajstić information content (AvgIpc) is 2.63. The Kier molecular flexibility index (Phi) is 5.46. The van der Waals surface area contributed by atoms with Gasteiger partial charge in [0.15, 0.2) is 0 Å². The van der Waals surface area contributed by atoms with E-state index >= 15 is 0 Å². The molecule has 26 heavy (non-hydrogen) atoms. The first-order valence-electron chi connectivity index (χ1n) is 8.33. The minimum Gasteiger partial charge on any atom is -0.406 e. The number of amides is 1. The first-order chi connectivity index (χ1) is 12.4. The van der Waals surface area contributed by atoms with Crippen LogP contribution >= 0.6 is 0 Å². The number of benzene rings is 2. The molecular weight excluding hydrogens is 345 g/mol. The lowest BCUT2D eigenvalue weighted by atomic mass is 9.85. The molecule has 1 aliphatic rings. The summed E-state index contributed by atoms with van der Waals surface area (Å²) < 4.78 is 40.3. The molecule has 2 aromatic rings. The van der Waals surface area contributed by atoms with E-state index in [0.717, 1.165) is 13.0 Å². The molecule has 0 radical (unpaired) electrons. The van der Waals surface area contributed by atoms with Gasteiger partial charge in [-0.2, -0.15) is 0 Å². The number of nitrogens with one attached hydrogen (secondary N) is 2. The van der Waals surface area contributed by atoms with Crippen LogP contribution in [0.2, 0.25) is 0 Å². The molecule has 1 amide bonds. The lowest BCUT2D eigenvalue weighted by Gasteiger charge is -2.29. The first-order valence-corrected chi connectivity index (χ1v) is 8.33. The SMILES string of the molecule is O=C(Nc1ccc(OC(F)(F)F)cc1)C1CNCC(c2ccccc2)C1. The average molecular weight is 364 g/mol. The van der Waals surface area contributed by atoms with Crippen molar-refractivity contribution in [3.8, 4) is 5.75 Å². The third kappa shape index (κ3) is 4.98. The summed E-state index contributed by atoms with van der Waals surface area (Å²) in [6.07, 6.45) is -4.01. The lowest BCUT2D eigenvalue weighted by molar-refractivity contribution is -0.274. The Morgan fingerprint density at radius 3 is 2.38 bits per heavy atom. The van der Waals surface area contributed by atoms with E-state index in [0.29, 0.717) is 12.2 Å². The van der Waals surface area contributed by atoms with Gasteiger partial charge in [0, 0.05) is 18.8 Å². The highest BCUT2D eigenvalue weighted by atomic mass is 19.4. The van der Waals surface area contributed by atoms with Crippen molar-refractivity contribution < 1.29 is 22.7 Å². The van der Waals surface area contributed by atoms with Gasteiger partial charge in [-0.1, -0.05) is 30.3 Å². The molecule has 7 heteroatoms. The second-order valence-electron chi connectivity index (χ2n) is 6.26. The highest BCUT2D eigenvalue weighted by molar-refractivity contribution is 5.92. The van der Waals surface area contributed by atoms with Gasteiger partial charge < -0.3 is 15.4 Å². The van der Waals surface area contributed by atoms with E-state index in [1.54, 1.807) is 0 Å². The number of ether oxygens (including phenoxy) is 1. The maximum Gasteiger partial charge on any atom is 0.573 e. The normalized spacial score (nSPS) is 20.4. The van der Waals surface area contributed by atoms with Crippen LogP contribution in [0, 0.1) is 5.92 Å². The summed E-state index contributed by atoms with van der Waals surface area (Å²) in [5, 5.41) is 6.04. The summed E-state index contributed by atoms with van der Waals surface area (Å²) in [7, 11) is 0. The molecular formula is C19H19F3N2O2. The number of piperidine rings is 1. The van der Waals surface area contributed by atoms with Crippen molar-refractivity contribution in [3.63, 3.8) is 0 Å². The second kappa shape index (κ2) is 7.78. The summed E-state index contributed by atoms with van der Waals surface area (Å²) in [4.78, 5) is 12.5. The van der Waals surface area contributed by atoms with E-state index in [-0.39, 0.29) is 23.5 Å². The molecule has 1 heterocycles. The van der Waals surface area contributed by atoms with Gasteiger partial charge in [0.25, 0.3) is 0 Å². The fourth-order valence-electron chi connectivity index (χ4n) is 3.11. The van der Waals surface area contributed by atoms with Gasteiger partial charge in [-0.25, -0.2) is 0 Å². The quantitative estimate of drug-likeness (QED) is 0.865. The van der Waals surface area contributed by atoms with Crippen LogP contribution in [0.25, 0.3) is 0 Å². The Morgan fingerprint density at radius 2 is 1.73 bits per heavy atom. The zero-order valence-electron chi connectivity index (χ0n) is 13.9. The molecule has 0 bridgehead atoms. The van der Waals surface area contributed by atoms with Crippen LogP contribution < -0.4 is 15.4 Å². The van der Waals surface area contributed by atoms with Crippen LogP contribution in [-0.4, -0.2) is 25.4 Å². The number of halogens is 3. The summed E-state index contributed by atoms with van der Waals surface area (Å²) in [6, 6.07) is 15.1. The van der Waals surface area contributed by atoms with Gasteiger partial charge in [-0.15, -0.1) is 13.2 Å². The van der Waals surface area contributed by atoms with Gasteiger partial charge >= 0.3 is 6.36 Å². The molecule has 0 saturated carbocycles. The van der Waals surface area contributed by atoms with E-state index in [2.05, 4.69) is 15.4 Å². The van der Waals surface area contributed by atoms with Crippen LogP contribution in [0.4, 0.5) is 18.9 Å². The molecule has 2 aromatic carbocycles. The Morgan fingerprint density at radius 1 is 1.04 bits per heavy atom. The molecule has 0 aromatic heterocycles. The molecule has 1 fully saturated rings. The maximum absolute atomic E-state index is 12.5. The molecule has 0 aliphatic carbocycles. The number of hydrogen-bond acceptors (Lipinski definition) is 3. The smallest absolute Gasteiger partial charge is 0.406 e. The maximum atomic E-state index is 12.5. The number of anilines is 1. The van der Waals surface area contributed by atoms with Gasteiger partial charge in [0.2, 0.25) is 5.91 Å². The highest BCUT2D eigenvalue weighted by Crippen LogP contribution is 2.28. The summed E-state index contributed by atoms with van der Waals surface area (Å²) in [5.41, 5.74) is 1.62.